The van der Waals surface area contributed by atoms with Crippen LogP contribution in [0.4, 0.5) is 5.69 Å². The number of anilines is 1. The van der Waals surface area contributed by atoms with Gasteiger partial charge in [0, 0.05) is 36.8 Å². The molecule has 1 aliphatic heterocycles. The number of likely N-dealkylation sites (tertiary alicyclic amines) is 1. The van der Waals surface area contributed by atoms with Crippen LogP contribution in [-0.2, 0) is 9.59 Å². The number of hydrogen-bond donors (Lipinski definition) is 3. The van der Waals surface area contributed by atoms with E-state index < -0.39 is 6.04 Å². The fourth-order valence-electron chi connectivity index (χ4n) is 3.47. The highest BCUT2D eigenvalue weighted by atomic mass is 16.2. The minimum absolute atomic E-state index is 0.00961. The average Bonchev–Trinajstić information content (AvgIpc) is 2.95. The molecule has 7 nitrogen and oxygen atoms in total. The number of hydrogen-bond acceptors (Lipinski definition) is 4. The molecule has 1 saturated heterocycles. The van der Waals surface area contributed by atoms with E-state index in [1.807, 2.05) is 13.0 Å². The van der Waals surface area contributed by atoms with Crippen molar-refractivity contribution in [2.75, 3.05) is 18.9 Å². The molecule has 0 spiro atoms. The van der Waals surface area contributed by atoms with Crippen LogP contribution < -0.4 is 16.4 Å². The van der Waals surface area contributed by atoms with Crippen molar-refractivity contribution in [3.05, 3.63) is 29.3 Å². The predicted molar refractivity (Wildman–Crippen MR) is 98.6 cm³/mol. The van der Waals surface area contributed by atoms with Crippen LogP contribution in [0.15, 0.2) is 18.2 Å². The Morgan fingerprint density at radius 3 is 2.54 bits per heavy atom. The molecule has 1 heterocycles. The van der Waals surface area contributed by atoms with Gasteiger partial charge < -0.3 is 21.3 Å². The van der Waals surface area contributed by atoms with Crippen LogP contribution in [0.25, 0.3) is 0 Å². The van der Waals surface area contributed by atoms with Gasteiger partial charge in [-0.1, -0.05) is 12.5 Å². The van der Waals surface area contributed by atoms with Gasteiger partial charge in [-0.3, -0.25) is 14.4 Å². The fourth-order valence-corrected chi connectivity index (χ4v) is 3.47. The van der Waals surface area contributed by atoms with E-state index in [4.69, 9.17) is 5.73 Å². The second kappa shape index (κ2) is 7.45. The van der Waals surface area contributed by atoms with Crippen LogP contribution in [0.2, 0.25) is 0 Å². The highest BCUT2D eigenvalue weighted by Crippen LogP contribution is 2.29. The quantitative estimate of drug-likeness (QED) is 0.747. The van der Waals surface area contributed by atoms with E-state index in [-0.39, 0.29) is 29.7 Å². The molecule has 0 radical (unpaired) electrons. The molecular weight excluding hydrogens is 332 g/mol. The fraction of sp³-hybridized carbons (Fsp3) is 0.526. The van der Waals surface area contributed by atoms with Crippen molar-refractivity contribution in [2.24, 2.45) is 11.7 Å². The van der Waals surface area contributed by atoms with Crippen LogP contribution in [0.1, 0.15) is 41.6 Å². The zero-order chi connectivity index (χ0) is 18.8. The molecule has 0 unspecified atom stereocenters. The largest absolute Gasteiger partial charge is 0.357 e. The maximum atomic E-state index is 13.0. The lowest BCUT2D eigenvalue weighted by atomic mass is 9.84. The second-order valence-corrected chi connectivity index (χ2v) is 7.23. The number of nitrogens with two attached hydrogens (primary N) is 1. The minimum Gasteiger partial charge on any atom is -0.357 e. The van der Waals surface area contributed by atoms with Crippen LogP contribution in [-0.4, -0.2) is 48.3 Å². The summed E-state index contributed by atoms with van der Waals surface area (Å²) in [6.07, 6.45) is 3.38. The molecule has 3 amide bonds. The normalized spacial score (nSPS) is 22.7. The molecule has 0 aromatic heterocycles. The Morgan fingerprint density at radius 1 is 1.19 bits per heavy atom. The summed E-state index contributed by atoms with van der Waals surface area (Å²) in [5, 5.41) is 5.53. The lowest BCUT2D eigenvalue weighted by molar-refractivity contribution is -0.124. The molecule has 2 fully saturated rings. The van der Waals surface area contributed by atoms with Crippen LogP contribution >= 0.6 is 0 Å². The summed E-state index contributed by atoms with van der Waals surface area (Å²) in [6, 6.07) is 4.45. The molecule has 26 heavy (non-hydrogen) atoms. The van der Waals surface area contributed by atoms with Gasteiger partial charge in [-0.05, 0) is 43.9 Å². The van der Waals surface area contributed by atoms with Crippen molar-refractivity contribution >= 4 is 23.4 Å². The van der Waals surface area contributed by atoms with E-state index in [1.165, 1.54) is 4.90 Å². The molecule has 1 saturated carbocycles. The van der Waals surface area contributed by atoms with Gasteiger partial charge in [0.2, 0.25) is 11.8 Å². The third kappa shape index (κ3) is 3.58. The molecule has 1 aliphatic carbocycles. The summed E-state index contributed by atoms with van der Waals surface area (Å²) in [5.74, 6) is -0.374. The van der Waals surface area contributed by atoms with Crippen LogP contribution in [0.5, 0.6) is 0 Å². The predicted octanol–water partition coefficient (Wildman–Crippen LogP) is 1.02. The maximum Gasteiger partial charge on any atom is 0.254 e. The highest BCUT2D eigenvalue weighted by molar-refractivity contribution is 6.00. The molecule has 2 atom stereocenters. The maximum absolute atomic E-state index is 13.0. The summed E-state index contributed by atoms with van der Waals surface area (Å²) in [7, 11) is 1.55. The summed E-state index contributed by atoms with van der Waals surface area (Å²) in [6.45, 7) is 2.23. The van der Waals surface area contributed by atoms with Crippen molar-refractivity contribution in [3.63, 3.8) is 0 Å². The third-order valence-corrected chi connectivity index (χ3v) is 5.36. The lowest BCUT2D eigenvalue weighted by Gasteiger charge is -2.25. The SMILES string of the molecule is CNC(=O)[C@@H]1C[C@H](N)CN1C(=O)c1ccc(C)c(NC(=O)C2CCC2)c1. The van der Waals surface area contributed by atoms with E-state index in [0.717, 1.165) is 24.8 Å². The molecular formula is C19H26N4O3. The number of likely N-dealkylation sites (N-methyl/N-ethyl adjacent to an activating group) is 1. The Kier molecular flexibility index (Phi) is 5.27. The number of amides is 3. The molecule has 0 bridgehead atoms. The summed E-state index contributed by atoms with van der Waals surface area (Å²) < 4.78 is 0. The average molecular weight is 358 g/mol. The lowest BCUT2D eigenvalue weighted by Crippen LogP contribution is -2.45. The summed E-state index contributed by atoms with van der Waals surface area (Å²) >= 11 is 0. The molecule has 1 aromatic carbocycles. The van der Waals surface area contributed by atoms with Gasteiger partial charge in [0.05, 0.1) is 0 Å². The number of benzene rings is 1. The molecule has 2 aliphatic rings. The van der Waals surface area contributed by atoms with E-state index in [1.54, 1.807) is 19.2 Å². The number of nitrogens with zero attached hydrogens (tertiary/aromatic N) is 1. The second-order valence-electron chi connectivity index (χ2n) is 7.23. The summed E-state index contributed by atoms with van der Waals surface area (Å²) in [5.41, 5.74) is 7.96. The van der Waals surface area contributed by atoms with Gasteiger partial charge in [0.1, 0.15) is 6.04 Å². The Hall–Kier alpha value is -2.41. The first-order chi connectivity index (χ1) is 12.4. The Balaban J connectivity index is 1.79. The number of aryl methyl sites for hydroxylation is 1. The van der Waals surface area contributed by atoms with Crippen LogP contribution in [0, 0.1) is 12.8 Å². The van der Waals surface area contributed by atoms with Gasteiger partial charge >= 0.3 is 0 Å². The van der Waals surface area contributed by atoms with Gasteiger partial charge in [0.25, 0.3) is 5.91 Å². The van der Waals surface area contributed by atoms with Crippen molar-refractivity contribution in [1.29, 1.82) is 0 Å². The van der Waals surface area contributed by atoms with E-state index in [0.29, 0.717) is 24.2 Å². The van der Waals surface area contributed by atoms with Gasteiger partial charge in [-0.15, -0.1) is 0 Å². The monoisotopic (exact) mass is 358 g/mol. The smallest absolute Gasteiger partial charge is 0.254 e. The van der Waals surface area contributed by atoms with E-state index in [9.17, 15) is 14.4 Å². The molecule has 7 heteroatoms. The van der Waals surface area contributed by atoms with Gasteiger partial charge in [-0.25, -0.2) is 0 Å². The first-order valence-corrected chi connectivity index (χ1v) is 9.10. The zero-order valence-corrected chi connectivity index (χ0v) is 15.2. The number of rotatable bonds is 4. The molecule has 1 aromatic rings. The third-order valence-electron chi connectivity index (χ3n) is 5.36. The highest BCUT2D eigenvalue weighted by Gasteiger charge is 2.38. The molecule has 3 rings (SSSR count). The van der Waals surface area contributed by atoms with Gasteiger partial charge in [0.15, 0.2) is 0 Å². The van der Waals surface area contributed by atoms with E-state index in [2.05, 4.69) is 10.6 Å². The first kappa shape index (κ1) is 18.4. The minimum atomic E-state index is -0.558. The van der Waals surface area contributed by atoms with E-state index >= 15 is 0 Å². The standard InChI is InChI=1S/C19H26N4O3/c1-11-6-7-13(8-15(11)22-17(24)12-4-3-5-12)19(26)23-10-14(20)9-16(23)18(25)21-2/h6-8,12,14,16H,3-5,9-10,20H2,1-2H3,(H,21,25)(H,22,24)/t14-,16-/m0/s1. The topological polar surface area (TPSA) is 105 Å². The Morgan fingerprint density at radius 2 is 1.92 bits per heavy atom. The molecule has 140 valence electrons. The summed E-state index contributed by atoms with van der Waals surface area (Å²) in [4.78, 5) is 38.8. The van der Waals surface area contributed by atoms with Crippen molar-refractivity contribution < 1.29 is 14.4 Å². The van der Waals surface area contributed by atoms with Gasteiger partial charge in [-0.2, -0.15) is 0 Å². The van der Waals surface area contributed by atoms with Crippen molar-refractivity contribution in [2.45, 2.75) is 44.7 Å². The van der Waals surface area contributed by atoms with Crippen LogP contribution in [0.3, 0.4) is 0 Å². The first-order valence-electron chi connectivity index (χ1n) is 9.10. The number of carbonyl (C=O) groups excluding carboxylic acids is 3. The van der Waals surface area contributed by atoms with Crippen molar-refractivity contribution in [3.8, 4) is 0 Å². The Labute approximate surface area is 153 Å². The molecule has 4 N–H and O–H groups in total. The Bertz CT molecular complexity index is 729. The van der Waals surface area contributed by atoms with Crippen molar-refractivity contribution in [1.82, 2.24) is 10.2 Å². The zero-order valence-electron chi connectivity index (χ0n) is 15.2. The number of carbonyl (C=O) groups is 3. The number of nitrogens with one attached hydrogen (secondary N) is 2.